The van der Waals surface area contributed by atoms with Crippen LogP contribution in [-0.4, -0.2) is 23.2 Å². The molecule has 2 aromatic rings. The molecule has 1 heterocycles. The summed E-state index contributed by atoms with van der Waals surface area (Å²) in [6, 6.07) is 4.19. The van der Waals surface area contributed by atoms with E-state index in [2.05, 4.69) is 4.98 Å². The van der Waals surface area contributed by atoms with Crippen LogP contribution in [0.5, 0.6) is 5.75 Å². The van der Waals surface area contributed by atoms with Gasteiger partial charge in [-0.2, -0.15) is 0 Å². The van der Waals surface area contributed by atoms with Crippen LogP contribution in [0.15, 0.2) is 22.6 Å². The number of ether oxygens (including phenoxy) is 1. The van der Waals surface area contributed by atoms with Crippen molar-refractivity contribution in [2.24, 2.45) is 0 Å². The second kappa shape index (κ2) is 5.32. The van der Waals surface area contributed by atoms with Crippen LogP contribution in [0.4, 0.5) is 4.39 Å². The standard InChI is InChI=1S/C14H14FNO4/c1-7(2)11-12(14(17)18)20-13(16-11)8-4-5-10(19-3)9(15)6-8/h4-7H,1-3H3,(H,17,18). The molecule has 1 aromatic carbocycles. The molecule has 0 atom stereocenters. The average Bonchev–Trinajstić information content (AvgIpc) is 2.84. The van der Waals surface area contributed by atoms with Crippen molar-refractivity contribution in [3.05, 3.63) is 35.5 Å². The van der Waals surface area contributed by atoms with Crippen LogP contribution in [0.25, 0.3) is 11.5 Å². The van der Waals surface area contributed by atoms with Gasteiger partial charge in [0.05, 0.1) is 12.8 Å². The number of oxazole rings is 1. The lowest BCUT2D eigenvalue weighted by molar-refractivity contribution is 0.0661. The minimum atomic E-state index is -1.19. The summed E-state index contributed by atoms with van der Waals surface area (Å²) in [4.78, 5) is 15.3. The monoisotopic (exact) mass is 279 g/mol. The lowest BCUT2D eigenvalue weighted by Gasteiger charge is -2.02. The molecule has 0 amide bonds. The summed E-state index contributed by atoms with van der Waals surface area (Å²) in [5, 5.41) is 9.08. The minimum Gasteiger partial charge on any atom is -0.494 e. The summed E-state index contributed by atoms with van der Waals surface area (Å²) in [5.41, 5.74) is 0.696. The summed E-state index contributed by atoms with van der Waals surface area (Å²) in [5.74, 6) is -1.91. The fourth-order valence-corrected chi connectivity index (χ4v) is 1.80. The zero-order valence-corrected chi connectivity index (χ0v) is 11.3. The fourth-order valence-electron chi connectivity index (χ4n) is 1.80. The number of carboxylic acids is 1. The first kappa shape index (κ1) is 14.0. The van der Waals surface area contributed by atoms with Crippen molar-refractivity contribution in [3.8, 4) is 17.2 Å². The van der Waals surface area contributed by atoms with Crippen molar-refractivity contribution in [3.63, 3.8) is 0 Å². The first-order valence-corrected chi connectivity index (χ1v) is 6.02. The Hall–Kier alpha value is -2.37. The van der Waals surface area contributed by atoms with E-state index in [0.717, 1.165) is 0 Å². The van der Waals surface area contributed by atoms with E-state index in [1.54, 1.807) is 6.07 Å². The van der Waals surface area contributed by atoms with Crippen LogP contribution in [0.1, 0.15) is 36.0 Å². The molecule has 0 saturated carbocycles. The maximum Gasteiger partial charge on any atom is 0.373 e. The third-order valence-corrected chi connectivity index (χ3v) is 2.79. The third kappa shape index (κ3) is 2.49. The first-order chi connectivity index (χ1) is 9.43. The lowest BCUT2D eigenvalue weighted by atomic mass is 10.1. The van der Waals surface area contributed by atoms with Crippen molar-refractivity contribution in [1.82, 2.24) is 4.98 Å². The van der Waals surface area contributed by atoms with Gasteiger partial charge < -0.3 is 14.3 Å². The molecule has 0 unspecified atom stereocenters. The highest BCUT2D eigenvalue weighted by Gasteiger charge is 2.22. The molecule has 0 aliphatic heterocycles. The Kier molecular flexibility index (Phi) is 3.74. The van der Waals surface area contributed by atoms with E-state index >= 15 is 0 Å². The van der Waals surface area contributed by atoms with Crippen LogP contribution >= 0.6 is 0 Å². The number of hydrogen-bond donors (Lipinski definition) is 1. The number of aromatic carboxylic acids is 1. The van der Waals surface area contributed by atoms with Gasteiger partial charge in [0.25, 0.3) is 0 Å². The van der Waals surface area contributed by atoms with Crippen LogP contribution in [0.3, 0.4) is 0 Å². The number of methoxy groups -OCH3 is 1. The van der Waals surface area contributed by atoms with Gasteiger partial charge in [-0.15, -0.1) is 0 Å². The van der Waals surface area contributed by atoms with E-state index in [0.29, 0.717) is 11.3 Å². The van der Waals surface area contributed by atoms with Crippen molar-refractivity contribution in [2.75, 3.05) is 7.11 Å². The molecule has 0 radical (unpaired) electrons. The minimum absolute atomic E-state index is 0.0765. The zero-order valence-electron chi connectivity index (χ0n) is 11.3. The Bertz CT molecular complexity index is 649. The van der Waals surface area contributed by atoms with Gasteiger partial charge in [0.1, 0.15) is 0 Å². The second-order valence-corrected chi connectivity index (χ2v) is 4.54. The summed E-state index contributed by atoms with van der Waals surface area (Å²) in [6.45, 7) is 3.62. The normalized spacial score (nSPS) is 10.8. The van der Waals surface area contributed by atoms with E-state index in [9.17, 15) is 9.18 Å². The summed E-state index contributed by atoms with van der Waals surface area (Å²) < 4.78 is 23.7. The molecule has 0 fully saturated rings. The van der Waals surface area contributed by atoms with E-state index in [1.165, 1.54) is 19.2 Å². The quantitative estimate of drug-likeness (QED) is 0.929. The van der Waals surface area contributed by atoms with Crippen molar-refractivity contribution in [2.45, 2.75) is 19.8 Å². The van der Waals surface area contributed by atoms with E-state index < -0.39 is 11.8 Å². The number of benzene rings is 1. The molecule has 0 saturated heterocycles. The summed E-state index contributed by atoms with van der Waals surface area (Å²) in [6.07, 6.45) is 0. The van der Waals surface area contributed by atoms with Gasteiger partial charge in [-0.1, -0.05) is 13.8 Å². The van der Waals surface area contributed by atoms with Gasteiger partial charge in [-0.3, -0.25) is 0 Å². The highest BCUT2D eigenvalue weighted by molar-refractivity contribution is 5.86. The van der Waals surface area contributed by atoms with Crippen LogP contribution in [0, 0.1) is 5.82 Å². The molecule has 1 aromatic heterocycles. The predicted octanol–water partition coefficient (Wildman–Crippen LogP) is 3.31. The zero-order chi connectivity index (χ0) is 14.9. The molecule has 2 rings (SSSR count). The van der Waals surface area contributed by atoms with Crippen LogP contribution < -0.4 is 4.74 Å². The van der Waals surface area contributed by atoms with E-state index in [4.69, 9.17) is 14.3 Å². The first-order valence-electron chi connectivity index (χ1n) is 6.02. The summed E-state index contributed by atoms with van der Waals surface area (Å²) in [7, 11) is 1.36. The highest BCUT2D eigenvalue weighted by atomic mass is 19.1. The van der Waals surface area contributed by atoms with Gasteiger partial charge in [0, 0.05) is 5.56 Å². The number of aromatic nitrogens is 1. The molecule has 1 N–H and O–H groups in total. The maximum atomic E-state index is 13.6. The van der Waals surface area contributed by atoms with Gasteiger partial charge in [-0.05, 0) is 24.1 Å². The molecule has 0 aliphatic rings. The van der Waals surface area contributed by atoms with E-state index in [-0.39, 0.29) is 23.3 Å². The van der Waals surface area contributed by atoms with Crippen LogP contribution in [-0.2, 0) is 0 Å². The van der Waals surface area contributed by atoms with Gasteiger partial charge in [0.15, 0.2) is 11.6 Å². The molecule has 6 heteroatoms. The largest absolute Gasteiger partial charge is 0.494 e. The number of carboxylic acid groups (broad SMARTS) is 1. The molecule has 0 aliphatic carbocycles. The van der Waals surface area contributed by atoms with Crippen molar-refractivity contribution in [1.29, 1.82) is 0 Å². The number of halogens is 1. The number of hydrogen-bond acceptors (Lipinski definition) is 4. The predicted molar refractivity (Wildman–Crippen MR) is 69.5 cm³/mol. The summed E-state index contributed by atoms with van der Waals surface area (Å²) >= 11 is 0. The fraction of sp³-hybridized carbons (Fsp3) is 0.286. The maximum absolute atomic E-state index is 13.6. The Morgan fingerprint density at radius 2 is 2.15 bits per heavy atom. The van der Waals surface area contributed by atoms with Gasteiger partial charge in [-0.25, -0.2) is 14.2 Å². The Balaban J connectivity index is 2.50. The molecular weight excluding hydrogens is 265 g/mol. The average molecular weight is 279 g/mol. The van der Waals surface area contributed by atoms with E-state index in [1.807, 2.05) is 13.8 Å². The molecule has 0 bridgehead atoms. The number of nitrogens with zero attached hydrogens (tertiary/aromatic N) is 1. The Labute approximate surface area is 115 Å². The number of rotatable bonds is 4. The smallest absolute Gasteiger partial charge is 0.373 e. The van der Waals surface area contributed by atoms with Gasteiger partial charge in [0.2, 0.25) is 11.7 Å². The van der Waals surface area contributed by atoms with Crippen molar-refractivity contribution < 1.29 is 23.4 Å². The lowest BCUT2D eigenvalue weighted by Crippen LogP contribution is -2.01. The van der Waals surface area contributed by atoms with Crippen molar-refractivity contribution >= 4 is 5.97 Å². The molecule has 106 valence electrons. The Morgan fingerprint density at radius 3 is 2.60 bits per heavy atom. The topological polar surface area (TPSA) is 72.6 Å². The SMILES string of the molecule is COc1ccc(-c2nc(C(C)C)c(C(=O)O)o2)cc1F. The second-order valence-electron chi connectivity index (χ2n) is 4.54. The molecule has 20 heavy (non-hydrogen) atoms. The molecular formula is C14H14FNO4. The molecule has 5 nitrogen and oxygen atoms in total. The Morgan fingerprint density at radius 1 is 1.45 bits per heavy atom. The number of carbonyl (C=O) groups is 1. The highest BCUT2D eigenvalue weighted by Crippen LogP contribution is 2.29. The molecule has 0 spiro atoms. The van der Waals surface area contributed by atoms with Crippen LogP contribution in [0.2, 0.25) is 0 Å². The third-order valence-electron chi connectivity index (χ3n) is 2.79. The van der Waals surface area contributed by atoms with Gasteiger partial charge >= 0.3 is 5.97 Å².